The summed E-state index contributed by atoms with van der Waals surface area (Å²) in [5.74, 6) is 0.663. The zero-order valence-corrected chi connectivity index (χ0v) is 16.4. The van der Waals surface area contributed by atoms with Crippen LogP contribution in [0.15, 0.2) is 34.4 Å². The second-order valence-corrected chi connectivity index (χ2v) is 8.05. The lowest BCUT2D eigenvalue weighted by Gasteiger charge is -2.20. The summed E-state index contributed by atoms with van der Waals surface area (Å²) in [7, 11) is 2.17. The summed E-state index contributed by atoms with van der Waals surface area (Å²) in [5, 5.41) is 7.25. The van der Waals surface area contributed by atoms with Crippen LogP contribution in [0, 0.1) is 0 Å². The van der Waals surface area contributed by atoms with Crippen LogP contribution in [0.5, 0.6) is 11.6 Å². The Kier molecular flexibility index (Phi) is 4.14. The molecule has 1 aromatic carbocycles. The van der Waals surface area contributed by atoms with Gasteiger partial charge in [-0.05, 0) is 12.3 Å². The fourth-order valence-corrected chi connectivity index (χ4v) is 4.36. The average molecular weight is 393 g/mol. The van der Waals surface area contributed by atoms with Crippen LogP contribution in [-0.4, -0.2) is 17.2 Å². The first-order valence-corrected chi connectivity index (χ1v) is 9.44. The van der Waals surface area contributed by atoms with Gasteiger partial charge in [0, 0.05) is 36.6 Å². The van der Waals surface area contributed by atoms with E-state index < -0.39 is 0 Å². The van der Waals surface area contributed by atoms with Gasteiger partial charge in [0.15, 0.2) is 17.1 Å². The van der Waals surface area contributed by atoms with Crippen LogP contribution in [0.25, 0.3) is 0 Å². The van der Waals surface area contributed by atoms with Crippen molar-refractivity contribution in [3.63, 3.8) is 0 Å². The number of aromatic amines is 1. The molecule has 0 amide bonds. The van der Waals surface area contributed by atoms with E-state index in [0.29, 0.717) is 21.4 Å². The molecule has 5 nitrogen and oxygen atoms in total. The largest absolute Gasteiger partial charge is 0.434 e. The molecule has 0 unspecified atom stereocenters. The Balaban J connectivity index is 1.64. The van der Waals surface area contributed by atoms with Crippen molar-refractivity contribution in [2.45, 2.75) is 39.0 Å². The van der Waals surface area contributed by atoms with E-state index in [1.807, 2.05) is 26.0 Å². The molecule has 0 saturated heterocycles. The number of piperidine rings is 1. The summed E-state index contributed by atoms with van der Waals surface area (Å²) in [6.07, 6.45) is 3.51. The Morgan fingerprint density at radius 3 is 2.35 bits per heavy atom. The second kappa shape index (κ2) is 6.12. The molecular formula is C19H20Cl2N3O2+. The number of halogens is 2. The highest BCUT2D eigenvalue weighted by molar-refractivity contribution is 6.37. The van der Waals surface area contributed by atoms with E-state index in [9.17, 15) is 4.79 Å². The number of aromatic nitrogens is 2. The minimum atomic E-state index is -0.223. The number of H-pyrrole nitrogens is 1. The molecule has 1 aromatic heterocycles. The minimum Gasteiger partial charge on any atom is -0.434 e. The van der Waals surface area contributed by atoms with Gasteiger partial charge in [-0.15, -0.1) is 5.10 Å². The lowest BCUT2D eigenvalue weighted by atomic mass is 10.1. The molecule has 2 aromatic rings. The highest BCUT2D eigenvalue weighted by Gasteiger charge is 2.56. The van der Waals surface area contributed by atoms with Crippen LogP contribution in [0.1, 0.15) is 44.6 Å². The van der Waals surface area contributed by atoms with Gasteiger partial charge in [-0.2, -0.15) is 0 Å². The highest BCUT2D eigenvalue weighted by Crippen LogP contribution is 2.56. The molecule has 0 radical (unpaired) electrons. The molecule has 2 aliphatic rings. The number of nitrogens with one attached hydrogen (secondary N) is 1. The van der Waals surface area contributed by atoms with Gasteiger partial charge in [0.25, 0.3) is 5.56 Å². The van der Waals surface area contributed by atoms with Crippen molar-refractivity contribution in [3.05, 3.63) is 55.6 Å². The molecule has 0 fully saturated rings. The summed E-state index contributed by atoms with van der Waals surface area (Å²) in [4.78, 5) is 11.8. The molecule has 26 heavy (non-hydrogen) atoms. The molecule has 7 heteroatoms. The van der Waals surface area contributed by atoms with Crippen LogP contribution < -0.4 is 14.8 Å². The van der Waals surface area contributed by atoms with E-state index in [1.165, 1.54) is 17.8 Å². The van der Waals surface area contributed by atoms with E-state index in [2.05, 4.69) is 17.2 Å². The molecular weight excluding hydrogens is 373 g/mol. The molecule has 1 aliphatic carbocycles. The lowest BCUT2D eigenvalue weighted by molar-refractivity contribution is 0.452. The third-order valence-corrected chi connectivity index (χ3v) is 5.89. The number of hydrogen-bond donors (Lipinski definition) is 1. The molecule has 0 atom stereocenters. The van der Waals surface area contributed by atoms with Gasteiger partial charge in [-0.25, -0.2) is 9.58 Å². The van der Waals surface area contributed by atoms with E-state index in [4.69, 9.17) is 27.9 Å². The lowest BCUT2D eigenvalue weighted by Crippen LogP contribution is -2.26. The summed E-state index contributed by atoms with van der Waals surface area (Å²) < 4.78 is 6.55. The Morgan fingerprint density at radius 1 is 1.15 bits per heavy atom. The van der Waals surface area contributed by atoms with E-state index >= 15 is 0 Å². The van der Waals surface area contributed by atoms with Crippen molar-refractivity contribution in [1.29, 1.82) is 0 Å². The Morgan fingerprint density at radius 2 is 1.77 bits per heavy atom. The first kappa shape index (κ1) is 17.6. The van der Waals surface area contributed by atoms with Crippen LogP contribution in [0.2, 0.25) is 10.0 Å². The monoisotopic (exact) mass is 392 g/mol. The van der Waals surface area contributed by atoms with Crippen molar-refractivity contribution in [1.82, 2.24) is 14.7 Å². The Hall–Kier alpha value is -1.82. The van der Waals surface area contributed by atoms with Gasteiger partial charge < -0.3 is 4.74 Å². The highest BCUT2D eigenvalue weighted by atomic mass is 35.5. The third kappa shape index (κ3) is 2.66. The number of nitrogens with zero attached hydrogens (tertiary/aromatic N) is 2. The summed E-state index contributed by atoms with van der Waals surface area (Å²) in [6.45, 7) is 3.87. The average Bonchev–Trinajstić information content (AvgIpc) is 2.96. The number of rotatable bonds is 4. The maximum Gasteiger partial charge on any atom is 0.267 e. The van der Waals surface area contributed by atoms with Crippen molar-refractivity contribution in [2.75, 3.05) is 7.05 Å². The Labute approximate surface area is 161 Å². The van der Waals surface area contributed by atoms with Crippen LogP contribution in [0.3, 0.4) is 0 Å². The number of ether oxygens (including phenoxy) is 1. The fraction of sp³-hybridized carbons (Fsp3) is 0.368. The summed E-state index contributed by atoms with van der Waals surface area (Å²) in [6, 6.07) is 5.42. The fourth-order valence-electron chi connectivity index (χ4n) is 3.81. The van der Waals surface area contributed by atoms with Gasteiger partial charge in [0.2, 0.25) is 5.88 Å². The van der Waals surface area contributed by atoms with Gasteiger partial charge in [-0.1, -0.05) is 37.0 Å². The molecule has 0 spiro atoms. The molecule has 136 valence electrons. The third-order valence-electron chi connectivity index (χ3n) is 5.33. The summed E-state index contributed by atoms with van der Waals surface area (Å²) in [5.41, 5.74) is 4.36. The first-order chi connectivity index (χ1) is 12.3. The molecule has 2 heterocycles. The van der Waals surface area contributed by atoms with E-state index in [0.717, 1.165) is 23.0 Å². The standard InChI is InChI=1S/C19H19Cl2N3O2/c1-10(2)12-9-17(22-23-19(12)25)26-18-13(20)7-11(8-14(18)21)24(3)15-5-4-6-16(15)24/h7-10H,4-6H2,1-3H3/p+1. The zero-order chi connectivity index (χ0) is 18.6. The van der Waals surface area contributed by atoms with E-state index in [-0.39, 0.29) is 17.4 Å². The molecule has 0 bridgehead atoms. The number of hydrogen-bond acceptors (Lipinski definition) is 3. The maximum absolute atomic E-state index is 11.8. The van der Waals surface area contributed by atoms with Gasteiger partial charge in [-0.3, -0.25) is 4.79 Å². The number of allylic oxidation sites excluding steroid dienone is 2. The van der Waals surface area contributed by atoms with Gasteiger partial charge in [0.1, 0.15) is 5.69 Å². The SMILES string of the molecule is CC(C)c1cc(Oc2c(Cl)cc([N+]3(C)C4=C3CCC4)cc2Cl)n[nH]c1=O. The number of benzene rings is 1. The summed E-state index contributed by atoms with van der Waals surface area (Å²) >= 11 is 12.9. The van der Waals surface area contributed by atoms with Crippen molar-refractivity contribution >= 4 is 28.9 Å². The topological polar surface area (TPSA) is 55.0 Å². The number of likely N-dealkylation sites (tertiary alicyclic amines) is 1. The first-order valence-electron chi connectivity index (χ1n) is 8.69. The zero-order valence-electron chi connectivity index (χ0n) is 14.9. The molecule has 4 rings (SSSR count). The Bertz CT molecular complexity index is 958. The smallest absolute Gasteiger partial charge is 0.267 e. The van der Waals surface area contributed by atoms with Gasteiger partial charge in [0.05, 0.1) is 17.1 Å². The maximum atomic E-state index is 11.8. The van der Waals surface area contributed by atoms with Gasteiger partial charge >= 0.3 is 0 Å². The van der Waals surface area contributed by atoms with Crippen LogP contribution >= 0.6 is 23.2 Å². The normalized spacial score (nSPS) is 17.6. The van der Waals surface area contributed by atoms with Crippen molar-refractivity contribution in [3.8, 4) is 11.6 Å². The van der Waals surface area contributed by atoms with Crippen LogP contribution in [-0.2, 0) is 0 Å². The predicted octanol–water partition coefficient (Wildman–Crippen LogP) is 5.34. The van der Waals surface area contributed by atoms with Crippen molar-refractivity contribution < 1.29 is 4.74 Å². The van der Waals surface area contributed by atoms with Crippen molar-refractivity contribution in [2.24, 2.45) is 0 Å². The molecule has 0 saturated carbocycles. The quantitative estimate of drug-likeness (QED) is 0.714. The van der Waals surface area contributed by atoms with Crippen LogP contribution in [0.4, 0.5) is 5.69 Å². The molecule has 1 aliphatic heterocycles. The second-order valence-electron chi connectivity index (χ2n) is 7.24. The predicted molar refractivity (Wildman–Crippen MR) is 104 cm³/mol. The minimum absolute atomic E-state index is 0.0537. The van der Waals surface area contributed by atoms with E-state index in [1.54, 1.807) is 6.07 Å². The molecule has 1 N–H and O–H groups in total. The number of quaternary nitrogens is 1.